The van der Waals surface area contributed by atoms with E-state index in [4.69, 9.17) is 0 Å². The smallest absolute Gasteiger partial charge is 0.188 e. The lowest BCUT2D eigenvalue weighted by Gasteiger charge is -2.03. The van der Waals surface area contributed by atoms with Crippen molar-refractivity contribution in [2.45, 2.75) is 20.8 Å². The molecule has 0 unspecified atom stereocenters. The first-order chi connectivity index (χ1) is 5.04. The van der Waals surface area contributed by atoms with Gasteiger partial charge in [-0.2, -0.15) is 0 Å². The highest BCUT2D eigenvalue weighted by Gasteiger charge is 2.04. The number of aryl methyl sites for hydroxylation is 1. The molecule has 0 aliphatic rings. The molecule has 1 aromatic heterocycles. The van der Waals surface area contributed by atoms with Crippen molar-refractivity contribution in [2.75, 3.05) is 0 Å². The van der Waals surface area contributed by atoms with E-state index < -0.39 is 0 Å². The van der Waals surface area contributed by atoms with E-state index in [0.717, 1.165) is 20.5 Å². The van der Waals surface area contributed by atoms with Crippen molar-refractivity contribution in [3.8, 4) is 0 Å². The van der Waals surface area contributed by atoms with Gasteiger partial charge in [0, 0.05) is 16.8 Å². The molecule has 0 bridgehead atoms. The molecule has 0 aliphatic heterocycles. The molecule has 1 N–H and O–H groups in total. The Bertz CT molecular complexity index is 311. The predicted molar refractivity (Wildman–Crippen MR) is 54.0 cm³/mol. The van der Waals surface area contributed by atoms with Gasteiger partial charge in [-0.3, -0.25) is 4.79 Å². The molecule has 0 fully saturated rings. The molecule has 0 saturated heterocycles. The lowest BCUT2D eigenvalue weighted by Crippen LogP contribution is -2.14. The van der Waals surface area contributed by atoms with Crippen molar-refractivity contribution in [3.05, 3.63) is 30.7 Å². The Morgan fingerprint density at radius 2 is 1.73 bits per heavy atom. The predicted octanol–water partition coefficient (Wildman–Crippen LogP) is 1.90. The van der Waals surface area contributed by atoms with Crippen LogP contribution in [0.15, 0.2) is 4.79 Å². The van der Waals surface area contributed by atoms with Crippen molar-refractivity contribution < 1.29 is 0 Å². The number of aromatic amines is 1. The molecule has 0 aliphatic carbocycles. The molecule has 1 heterocycles. The van der Waals surface area contributed by atoms with Crippen molar-refractivity contribution in [2.24, 2.45) is 0 Å². The van der Waals surface area contributed by atoms with E-state index in [9.17, 15) is 4.79 Å². The van der Waals surface area contributed by atoms with Crippen LogP contribution >= 0.6 is 22.6 Å². The molecule has 60 valence electrons. The standard InChI is InChI=1S/C8H10INO/c1-4-6(3)10-8(9)5(2)7(4)11/h1-3H3,(H,10,11). The minimum absolute atomic E-state index is 0.158. The van der Waals surface area contributed by atoms with E-state index >= 15 is 0 Å². The number of rotatable bonds is 0. The van der Waals surface area contributed by atoms with Crippen LogP contribution < -0.4 is 5.43 Å². The molecule has 0 aromatic carbocycles. The van der Waals surface area contributed by atoms with E-state index in [2.05, 4.69) is 27.6 Å². The van der Waals surface area contributed by atoms with Gasteiger partial charge in [-0.05, 0) is 43.4 Å². The molecule has 3 heteroatoms. The second kappa shape index (κ2) is 2.97. The molecular weight excluding hydrogens is 253 g/mol. The third-order valence-corrected chi connectivity index (χ3v) is 2.95. The fourth-order valence-electron chi connectivity index (χ4n) is 0.903. The summed E-state index contributed by atoms with van der Waals surface area (Å²) in [6, 6.07) is 0. The summed E-state index contributed by atoms with van der Waals surface area (Å²) in [6.07, 6.45) is 0. The van der Waals surface area contributed by atoms with Crippen LogP contribution in [-0.4, -0.2) is 4.98 Å². The molecule has 1 rings (SSSR count). The van der Waals surface area contributed by atoms with Gasteiger partial charge < -0.3 is 4.98 Å². The fraction of sp³-hybridized carbons (Fsp3) is 0.375. The van der Waals surface area contributed by atoms with Gasteiger partial charge in [0.15, 0.2) is 5.43 Å². The highest BCUT2D eigenvalue weighted by molar-refractivity contribution is 14.1. The summed E-state index contributed by atoms with van der Waals surface area (Å²) in [5.41, 5.74) is 2.76. The quantitative estimate of drug-likeness (QED) is 0.562. The Labute approximate surface area is 79.2 Å². The normalized spacial score (nSPS) is 10.2. The summed E-state index contributed by atoms with van der Waals surface area (Å²) in [4.78, 5) is 14.5. The molecule has 0 spiro atoms. The van der Waals surface area contributed by atoms with Crippen LogP contribution in [0.3, 0.4) is 0 Å². The van der Waals surface area contributed by atoms with Gasteiger partial charge in [0.2, 0.25) is 0 Å². The van der Waals surface area contributed by atoms with E-state index in [-0.39, 0.29) is 5.43 Å². The summed E-state index contributed by atoms with van der Waals surface area (Å²) in [7, 11) is 0. The van der Waals surface area contributed by atoms with Gasteiger partial charge in [-0.1, -0.05) is 0 Å². The zero-order chi connectivity index (χ0) is 8.59. The van der Waals surface area contributed by atoms with Crippen LogP contribution in [0.5, 0.6) is 0 Å². The Balaban J connectivity index is 3.59. The molecule has 1 aromatic rings. The van der Waals surface area contributed by atoms with Crippen LogP contribution in [0.4, 0.5) is 0 Å². The van der Waals surface area contributed by atoms with Crippen LogP contribution in [0, 0.1) is 24.5 Å². The first kappa shape index (κ1) is 8.77. The fourth-order valence-corrected chi connectivity index (χ4v) is 1.55. The second-order valence-electron chi connectivity index (χ2n) is 2.64. The number of pyridine rings is 1. The number of hydrogen-bond acceptors (Lipinski definition) is 1. The minimum Gasteiger partial charge on any atom is -0.353 e. The summed E-state index contributed by atoms with van der Waals surface area (Å²) in [6.45, 7) is 5.60. The third kappa shape index (κ3) is 1.47. The molecular formula is C8H10INO. The summed E-state index contributed by atoms with van der Waals surface area (Å²) in [5, 5.41) is 0. The number of aromatic nitrogens is 1. The summed E-state index contributed by atoms with van der Waals surface area (Å²) >= 11 is 2.14. The lowest BCUT2D eigenvalue weighted by molar-refractivity contribution is 1.07. The Morgan fingerprint density at radius 1 is 1.18 bits per heavy atom. The van der Waals surface area contributed by atoms with E-state index in [1.54, 1.807) is 0 Å². The second-order valence-corrected chi connectivity index (χ2v) is 3.72. The molecule has 0 saturated carbocycles. The zero-order valence-corrected chi connectivity index (χ0v) is 8.94. The number of H-pyrrole nitrogens is 1. The highest BCUT2D eigenvalue weighted by atomic mass is 127. The maximum atomic E-state index is 11.4. The van der Waals surface area contributed by atoms with Crippen LogP contribution in [0.25, 0.3) is 0 Å². The van der Waals surface area contributed by atoms with Gasteiger partial charge >= 0.3 is 0 Å². The molecule has 11 heavy (non-hydrogen) atoms. The van der Waals surface area contributed by atoms with E-state index in [1.165, 1.54) is 0 Å². The average Bonchev–Trinajstić information content (AvgIpc) is 1.97. The van der Waals surface area contributed by atoms with Crippen LogP contribution in [-0.2, 0) is 0 Å². The molecule has 2 nitrogen and oxygen atoms in total. The van der Waals surface area contributed by atoms with Gasteiger partial charge in [0.05, 0.1) is 3.70 Å². The van der Waals surface area contributed by atoms with Gasteiger partial charge in [0.25, 0.3) is 0 Å². The van der Waals surface area contributed by atoms with Gasteiger partial charge in [-0.25, -0.2) is 0 Å². The molecule has 0 amide bonds. The van der Waals surface area contributed by atoms with Gasteiger partial charge in [0.1, 0.15) is 0 Å². The largest absolute Gasteiger partial charge is 0.353 e. The average molecular weight is 263 g/mol. The number of nitrogens with one attached hydrogen (secondary N) is 1. The van der Waals surface area contributed by atoms with Crippen molar-refractivity contribution >= 4 is 22.6 Å². The maximum absolute atomic E-state index is 11.4. The molecule has 0 atom stereocenters. The lowest BCUT2D eigenvalue weighted by atomic mass is 10.2. The Hall–Kier alpha value is -0.320. The van der Waals surface area contributed by atoms with Crippen LogP contribution in [0.1, 0.15) is 16.8 Å². The molecule has 0 radical (unpaired) electrons. The zero-order valence-electron chi connectivity index (χ0n) is 6.79. The SMILES string of the molecule is Cc1[nH]c(I)c(C)c(=O)c1C. The van der Waals surface area contributed by atoms with Crippen molar-refractivity contribution in [1.29, 1.82) is 0 Å². The van der Waals surface area contributed by atoms with Crippen LogP contribution in [0.2, 0.25) is 0 Å². The first-order valence-electron chi connectivity index (χ1n) is 3.39. The summed E-state index contributed by atoms with van der Waals surface area (Å²) in [5.74, 6) is 0. The minimum atomic E-state index is 0.158. The van der Waals surface area contributed by atoms with Crippen molar-refractivity contribution in [1.82, 2.24) is 4.98 Å². The first-order valence-corrected chi connectivity index (χ1v) is 4.47. The highest BCUT2D eigenvalue weighted by Crippen LogP contribution is 2.06. The van der Waals surface area contributed by atoms with Crippen molar-refractivity contribution in [3.63, 3.8) is 0 Å². The third-order valence-electron chi connectivity index (χ3n) is 1.87. The monoisotopic (exact) mass is 263 g/mol. The van der Waals surface area contributed by atoms with Gasteiger partial charge in [-0.15, -0.1) is 0 Å². The van der Waals surface area contributed by atoms with E-state index in [1.807, 2.05) is 20.8 Å². The Kier molecular flexibility index (Phi) is 2.37. The topological polar surface area (TPSA) is 32.9 Å². The number of hydrogen-bond donors (Lipinski definition) is 1. The maximum Gasteiger partial charge on any atom is 0.188 e. The number of halogens is 1. The summed E-state index contributed by atoms with van der Waals surface area (Å²) < 4.78 is 0.940. The Morgan fingerprint density at radius 3 is 2.27 bits per heavy atom. The van der Waals surface area contributed by atoms with E-state index in [0.29, 0.717) is 0 Å².